The summed E-state index contributed by atoms with van der Waals surface area (Å²) in [4.78, 5) is 27.7. The van der Waals surface area contributed by atoms with E-state index < -0.39 is 5.97 Å². The Bertz CT molecular complexity index is 1080. The highest BCUT2D eigenvalue weighted by molar-refractivity contribution is 7.21. The predicted octanol–water partition coefficient (Wildman–Crippen LogP) is 4.43. The third kappa shape index (κ3) is 3.94. The van der Waals surface area contributed by atoms with Crippen molar-refractivity contribution in [3.05, 3.63) is 57.9 Å². The third-order valence-corrected chi connectivity index (χ3v) is 6.43. The highest BCUT2D eigenvalue weighted by Crippen LogP contribution is 2.36. The largest absolute Gasteiger partial charge is 0.465 e. The summed E-state index contributed by atoms with van der Waals surface area (Å²) in [6.07, 6.45) is 0. The predicted molar refractivity (Wildman–Crippen MR) is 116 cm³/mol. The zero-order valence-corrected chi connectivity index (χ0v) is 17.3. The van der Waals surface area contributed by atoms with Crippen molar-refractivity contribution in [1.29, 1.82) is 0 Å². The first-order chi connectivity index (χ1) is 14.1. The molecule has 150 valence electrons. The lowest BCUT2D eigenvalue weighted by atomic mass is 10.1. The lowest BCUT2D eigenvalue weighted by Gasteiger charge is -2.30. The first-order valence-electron chi connectivity index (χ1n) is 9.12. The number of amides is 1. The molecule has 1 aromatic heterocycles. The maximum absolute atomic E-state index is 12.8. The number of halogens is 1. The van der Waals surface area contributed by atoms with Gasteiger partial charge in [0.05, 0.1) is 36.6 Å². The summed E-state index contributed by atoms with van der Waals surface area (Å²) >= 11 is 7.74. The topological polar surface area (TPSA) is 67.9 Å². The molecule has 0 bridgehead atoms. The van der Waals surface area contributed by atoms with Gasteiger partial charge in [0.15, 0.2) is 0 Å². The van der Waals surface area contributed by atoms with Crippen LogP contribution in [0.25, 0.3) is 10.1 Å². The number of morpholine rings is 1. The van der Waals surface area contributed by atoms with Crippen molar-refractivity contribution in [3.63, 3.8) is 0 Å². The fraction of sp³-hybridized carbons (Fsp3) is 0.238. The Kier molecular flexibility index (Phi) is 5.71. The van der Waals surface area contributed by atoms with Crippen molar-refractivity contribution >= 4 is 56.3 Å². The molecule has 0 aliphatic carbocycles. The van der Waals surface area contributed by atoms with Gasteiger partial charge in [0.1, 0.15) is 4.88 Å². The molecule has 1 amide bonds. The van der Waals surface area contributed by atoms with E-state index in [0.29, 0.717) is 47.5 Å². The van der Waals surface area contributed by atoms with Crippen LogP contribution in [-0.2, 0) is 9.47 Å². The average Bonchev–Trinajstić information content (AvgIpc) is 3.10. The second-order valence-corrected chi connectivity index (χ2v) is 7.95. The van der Waals surface area contributed by atoms with Crippen LogP contribution >= 0.6 is 22.9 Å². The lowest BCUT2D eigenvalue weighted by molar-refractivity contribution is 0.0600. The van der Waals surface area contributed by atoms with Gasteiger partial charge in [0, 0.05) is 28.9 Å². The quantitative estimate of drug-likeness (QED) is 0.620. The molecule has 0 atom stereocenters. The molecule has 0 unspecified atom stereocenters. The third-order valence-electron chi connectivity index (χ3n) is 4.75. The van der Waals surface area contributed by atoms with Gasteiger partial charge < -0.3 is 19.7 Å². The summed E-state index contributed by atoms with van der Waals surface area (Å²) in [5.41, 5.74) is 1.66. The van der Waals surface area contributed by atoms with E-state index in [1.807, 2.05) is 30.3 Å². The van der Waals surface area contributed by atoms with Crippen molar-refractivity contribution in [2.24, 2.45) is 0 Å². The van der Waals surface area contributed by atoms with E-state index in [1.165, 1.54) is 18.4 Å². The van der Waals surface area contributed by atoms with Crippen LogP contribution in [0.4, 0.5) is 11.4 Å². The molecule has 1 aliphatic rings. The van der Waals surface area contributed by atoms with Crippen molar-refractivity contribution in [2.45, 2.75) is 0 Å². The van der Waals surface area contributed by atoms with E-state index in [-0.39, 0.29) is 5.91 Å². The molecule has 0 saturated carbocycles. The van der Waals surface area contributed by atoms with E-state index in [1.54, 1.807) is 12.1 Å². The van der Waals surface area contributed by atoms with E-state index in [9.17, 15) is 9.59 Å². The normalized spacial score (nSPS) is 14.1. The number of nitrogens with zero attached hydrogens (tertiary/aromatic N) is 1. The van der Waals surface area contributed by atoms with Gasteiger partial charge in [-0.1, -0.05) is 29.8 Å². The number of methoxy groups -OCH3 is 1. The van der Waals surface area contributed by atoms with Crippen LogP contribution in [0.15, 0.2) is 42.5 Å². The number of hydrogen-bond donors (Lipinski definition) is 1. The fourth-order valence-corrected chi connectivity index (χ4v) is 4.73. The van der Waals surface area contributed by atoms with Crippen molar-refractivity contribution < 1.29 is 19.1 Å². The lowest BCUT2D eigenvalue weighted by Crippen LogP contribution is -2.37. The van der Waals surface area contributed by atoms with Crippen LogP contribution in [0.3, 0.4) is 0 Å². The SMILES string of the molecule is COC(=O)c1cc(NC(=O)c2sc3ccccc3c2Cl)ccc1N1CCOCC1. The molecule has 8 heteroatoms. The van der Waals surface area contributed by atoms with Gasteiger partial charge in [-0.15, -0.1) is 11.3 Å². The summed E-state index contributed by atoms with van der Waals surface area (Å²) < 4.78 is 11.3. The Hall–Kier alpha value is -2.61. The fourth-order valence-electron chi connectivity index (χ4n) is 3.32. The second-order valence-electron chi connectivity index (χ2n) is 6.52. The van der Waals surface area contributed by atoms with Crippen LogP contribution in [0, 0.1) is 0 Å². The van der Waals surface area contributed by atoms with Gasteiger partial charge in [-0.25, -0.2) is 4.79 Å². The minimum Gasteiger partial charge on any atom is -0.465 e. The second kappa shape index (κ2) is 8.41. The van der Waals surface area contributed by atoms with E-state index in [4.69, 9.17) is 21.1 Å². The molecule has 0 radical (unpaired) electrons. The molecule has 1 fully saturated rings. The monoisotopic (exact) mass is 430 g/mol. The van der Waals surface area contributed by atoms with Gasteiger partial charge in [0.2, 0.25) is 0 Å². The first-order valence-corrected chi connectivity index (χ1v) is 10.3. The van der Waals surface area contributed by atoms with Gasteiger partial charge in [0.25, 0.3) is 5.91 Å². The van der Waals surface area contributed by atoms with Gasteiger partial charge in [-0.05, 0) is 24.3 Å². The van der Waals surface area contributed by atoms with Crippen LogP contribution in [0.5, 0.6) is 0 Å². The summed E-state index contributed by atoms with van der Waals surface area (Å²) in [7, 11) is 1.34. The molecule has 29 heavy (non-hydrogen) atoms. The maximum Gasteiger partial charge on any atom is 0.340 e. The number of hydrogen-bond acceptors (Lipinski definition) is 6. The minimum absolute atomic E-state index is 0.314. The van der Waals surface area contributed by atoms with Crippen molar-refractivity contribution in [3.8, 4) is 0 Å². The molecule has 1 aliphatic heterocycles. The summed E-state index contributed by atoms with van der Waals surface area (Å²) in [5.74, 6) is -0.770. The number of esters is 1. The Balaban J connectivity index is 1.63. The molecule has 2 heterocycles. The number of ether oxygens (including phenoxy) is 2. The van der Waals surface area contributed by atoms with Gasteiger partial charge in [-0.2, -0.15) is 0 Å². The van der Waals surface area contributed by atoms with Crippen LogP contribution in [0.1, 0.15) is 20.0 Å². The standard InChI is InChI=1S/C21H19ClN2O4S/c1-27-21(26)15-12-13(6-7-16(15)24-8-10-28-11-9-24)23-20(25)19-18(22)14-4-2-3-5-17(14)29-19/h2-7,12H,8-11H2,1H3,(H,23,25). The van der Waals surface area contributed by atoms with Gasteiger partial charge in [-0.3, -0.25) is 4.79 Å². The Morgan fingerprint density at radius 2 is 1.93 bits per heavy atom. The summed E-state index contributed by atoms with van der Waals surface area (Å²) in [6.45, 7) is 2.58. The molecule has 1 N–H and O–H groups in total. The Morgan fingerprint density at radius 3 is 2.66 bits per heavy atom. The number of rotatable bonds is 4. The zero-order chi connectivity index (χ0) is 20.4. The summed E-state index contributed by atoms with van der Waals surface area (Å²) in [5, 5.41) is 4.13. The molecular weight excluding hydrogens is 412 g/mol. The number of carbonyl (C=O) groups is 2. The number of carbonyl (C=O) groups excluding carboxylic acids is 2. The van der Waals surface area contributed by atoms with Crippen molar-refractivity contribution in [2.75, 3.05) is 43.6 Å². The molecular formula is C21H19ClN2O4S. The van der Waals surface area contributed by atoms with Gasteiger partial charge >= 0.3 is 5.97 Å². The maximum atomic E-state index is 12.8. The molecule has 3 aromatic rings. The average molecular weight is 431 g/mol. The van der Waals surface area contributed by atoms with E-state index in [2.05, 4.69) is 10.2 Å². The van der Waals surface area contributed by atoms with Crippen LogP contribution < -0.4 is 10.2 Å². The highest BCUT2D eigenvalue weighted by Gasteiger charge is 2.22. The number of benzene rings is 2. The number of nitrogens with one attached hydrogen (secondary N) is 1. The summed E-state index contributed by atoms with van der Waals surface area (Å²) in [6, 6.07) is 12.8. The molecule has 0 spiro atoms. The van der Waals surface area contributed by atoms with Crippen molar-refractivity contribution in [1.82, 2.24) is 0 Å². The smallest absolute Gasteiger partial charge is 0.340 e. The highest BCUT2D eigenvalue weighted by atomic mass is 35.5. The van der Waals surface area contributed by atoms with Crippen LogP contribution in [0.2, 0.25) is 5.02 Å². The Labute approximate surface area is 177 Å². The molecule has 6 nitrogen and oxygen atoms in total. The van der Waals surface area contributed by atoms with E-state index >= 15 is 0 Å². The minimum atomic E-state index is -0.456. The number of anilines is 2. The molecule has 1 saturated heterocycles. The molecule has 2 aromatic carbocycles. The number of fused-ring (bicyclic) bond motifs is 1. The molecule has 4 rings (SSSR count). The Morgan fingerprint density at radius 1 is 1.17 bits per heavy atom. The van der Waals surface area contributed by atoms with E-state index in [0.717, 1.165) is 15.8 Å². The first kappa shape index (κ1) is 19.7. The van der Waals surface area contributed by atoms with Crippen LogP contribution in [-0.4, -0.2) is 45.3 Å². The number of thiophene rings is 1. The zero-order valence-electron chi connectivity index (χ0n) is 15.7.